The van der Waals surface area contributed by atoms with Crippen LogP contribution in [0.1, 0.15) is 10.4 Å². The number of nitrogen functional groups attached to an aromatic ring is 1. The van der Waals surface area contributed by atoms with Gasteiger partial charge in [-0.15, -0.1) is 0 Å². The highest BCUT2D eigenvalue weighted by Crippen LogP contribution is 2.31. The van der Waals surface area contributed by atoms with Crippen LogP contribution in [0.25, 0.3) is 11.1 Å². The Morgan fingerprint density at radius 1 is 1.21 bits per heavy atom. The number of methoxy groups -OCH3 is 1. The monoisotopic (exact) mass is 277 g/mol. The molecule has 0 aliphatic heterocycles. The Kier molecular flexibility index (Phi) is 3.62. The van der Waals surface area contributed by atoms with E-state index in [9.17, 15) is 4.79 Å². The Morgan fingerprint density at radius 3 is 2.37 bits per heavy atom. The summed E-state index contributed by atoms with van der Waals surface area (Å²) in [6, 6.07) is 10.1. The number of benzene rings is 2. The molecule has 19 heavy (non-hydrogen) atoms. The minimum absolute atomic E-state index is 0.0864. The zero-order valence-electron chi connectivity index (χ0n) is 10.2. The Labute approximate surface area is 115 Å². The van der Waals surface area contributed by atoms with Gasteiger partial charge in [-0.2, -0.15) is 0 Å². The first-order valence-corrected chi connectivity index (χ1v) is 5.87. The van der Waals surface area contributed by atoms with Gasteiger partial charge in [-0.25, -0.2) is 4.79 Å². The van der Waals surface area contributed by atoms with Crippen LogP contribution in [0.2, 0.25) is 5.02 Å². The van der Waals surface area contributed by atoms with Gasteiger partial charge < -0.3 is 15.6 Å². The van der Waals surface area contributed by atoms with Gasteiger partial charge in [0.25, 0.3) is 0 Å². The molecule has 0 atom stereocenters. The SMILES string of the molecule is COc1ccc(-c2ccc(C(=O)O)c(N)c2)cc1Cl. The van der Waals surface area contributed by atoms with E-state index < -0.39 is 5.97 Å². The normalized spacial score (nSPS) is 10.2. The van der Waals surface area contributed by atoms with Crippen molar-refractivity contribution in [1.82, 2.24) is 0 Å². The van der Waals surface area contributed by atoms with E-state index in [2.05, 4.69) is 0 Å². The number of carboxylic acids is 1. The molecule has 0 aliphatic rings. The molecular formula is C14H12ClNO3. The predicted molar refractivity (Wildman–Crippen MR) is 74.8 cm³/mol. The topological polar surface area (TPSA) is 72.5 Å². The van der Waals surface area contributed by atoms with E-state index in [-0.39, 0.29) is 11.3 Å². The van der Waals surface area contributed by atoms with Gasteiger partial charge in [0.1, 0.15) is 5.75 Å². The molecule has 2 aromatic carbocycles. The number of ether oxygens (including phenoxy) is 1. The van der Waals surface area contributed by atoms with Gasteiger partial charge in [-0.1, -0.05) is 23.7 Å². The summed E-state index contributed by atoms with van der Waals surface area (Å²) in [5.74, 6) is -0.461. The van der Waals surface area contributed by atoms with Crippen LogP contribution >= 0.6 is 11.6 Å². The fourth-order valence-electron chi connectivity index (χ4n) is 1.78. The summed E-state index contributed by atoms with van der Waals surface area (Å²) in [4.78, 5) is 10.9. The summed E-state index contributed by atoms with van der Waals surface area (Å²) in [6.45, 7) is 0. The molecule has 0 fully saturated rings. The maximum absolute atomic E-state index is 10.9. The Morgan fingerprint density at radius 2 is 1.84 bits per heavy atom. The molecule has 0 amide bonds. The molecule has 2 aromatic rings. The lowest BCUT2D eigenvalue weighted by atomic mass is 10.0. The van der Waals surface area contributed by atoms with Crippen molar-refractivity contribution in [2.24, 2.45) is 0 Å². The molecule has 3 N–H and O–H groups in total. The van der Waals surface area contributed by atoms with E-state index >= 15 is 0 Å². The average molecular weight is 278 g/mol. The summed E-state index contributed by atoms with van der Waals surface area (Å²) >= 11 is 6.05. The standard InChI is InChI=1S/C14H12ClNO3/c1-19-13-5-3-8(6-11(13)15)9-2-4-10(14(17)18)12(16)7-9/h2-7H,16H2,1H3,(H,17,18). The van der Waals surface area contributed by atoms with Gasteiger partial charge >= 0.3 is 5.97 Å². The van der Waals surface area contributed by atoms with Crippen molar-refractivity contribution in [2.45, 2.75) is 0 Å². The molecule has 4 nitrogen and oxygen atoms in total. The Bertz CT molecular complexity index is 641. The molecule has 0 aliphatic carbocycles. The van der Waals surface area contributed by atoms with E-state index in [1.54, 1.807) is 31.4 Å². The van der Waals surface area contributed by atoms with Crippen LogP contribution in [-0.2, 0) is 0 Å². The summed E-state index contributed by atoms with van der Waals surface area (Å²) in [7, 11) is 1.54. The number of hydrogen-bond donors (Lipinski definition) is 2. The first-order chi connectivity index (χ1) is 9.02. The van der Waals surface area contributed by atoms with Crippen molar-refractivity contribution in [3.63, 3.8) is 0 Å². The maximum Gasteiger partial charge on any atom is 0.337 e. The van der Waals surface area contributed by atoms with Gasteiger partial charge in [0.05, 0.1) is 17.7 Å². The van der Waals surface area contributed by atoms with Crippen LogP contribution in [0.4, 0.5) is 5.69 Å². The van der Waals surface area contributed by atoms with Crippen molar-refractivity contribution < 1.29 is 14.6 Å². The molecule has 0 spiro atoms. The Hall–Kier alpha value is -2.20. The average Bonchev–Trinajstić information content (AvgIpc) is 2.38. The molecule has 0 saturated carbocycles. The molecule has 0 saturated heterocycles. The highest BCUT2D eigenvalue weighted by atomic mass is 35.5. The van der Waals surface area contributed by atoms with E-state index in [0.29, 0.717) is 10.8 Å². The maximum atomic E-state index is 10.9. The highest BCUT2D eigenvalue weighted by molar-refractivity contribution is 6.32. The van der Waals surface area contributed by atoms with Gasteiger partial charge in [-0.3, -0.25) is 0 Å². The van der Waals surface area contributed by atoms with Crippen LogP contribution < -0.4 is 10.5 Å². The minimum atomic E-state index is -1.04. The first-order valence-electron chi connectivity index (χ1n) is 5.49. The van der Waals surface area contributed by atoms with Gasteiger partial charge in [-0.05, 0) is 35.4 Å². The second-order valence-electron chi connectivity index (χ2n) is 3.96. The fraction of sp³-hybridized carbons (Fsp3) is 0.0714. The number of halogens is 1. The highest BCUT2D eigenvalue weighted by Gasteiger charge is 2.10. The number of carboxylic acid groups (broad SMARTS) is 1. The lowest BCUT2D eigenvalue weighted by molar-refractivity contribution is 0.0698. The van der Waals surface area contributed by atoms with Crippen molar-refractivity contribution in [1.29, 1.82) is 0 Å². The van der Waals surface area contributed by atoms with Gasteiger partial charge in [0, 0.05) is 5.69 Å². The van der Waals surface area contributed by atoms with Gasteiger partial charge in [0.15, 0.2) is 0 Å². The smallest absolute Gasteiger partial charge is 0.337 e. The van der Waals surface area contributed by atoms with Crippen LogP contribution in [0.3, 0.4) is 0 Å². The Balaban J connectivity index is 2.45. The quantitative estimate of drug-likeness (QED) is 0.845. The van der Waals surface area contributed by atoms with Crippen molar-refractivity contribution in [3.8, 4) is 16.9 Å². The molecule has 2 rings (SSSR count). The number of anilines is 1. The number of rotatable bonds is 3. The lowest BCUT2D eigenvalue weighted by Gasteiger charge is -2.08. The van der Waals surface area contributed by atoms with E-state index in [0.717, 1.165) is 11.1 Å². The summed E-state index contributed by atoms with van der Waals surface area (Å²) in [6.07, 6.45) is 0. The number of hydrogen-bond acceptors (Lipinski definition) is 3. The second kappa shape index (κ2) is 5.20. The van der Waals surface area contributed by atoms with Crippen LogP contribution in [-0.4, -0.2) is 18.2 Å². The summed E-state index contributed by atoms with van der Waals surface area (Å²) < 4.78 is 5.08. The first kappa shape index (κ1) is 13.2. The summed E-state index contributed by atoms with van der Waals surface area (Å²) in [5, 5.41) is 9.41. The largest absolute Gasteiger partial charge is 0.495 e. The molecule has 0 aromatic heterocycles. The lowest BCUT2D eigenvalue weighted by Crippen LogP contribution is -2.02. The predicted octanol–water partition coefficient (Wildman–Crippen LogP) is 3.30. The molecule has 5 heteroatoms. The molecule has 0 unspecified atom stereocenters. The van der Waals surface area contributed by atoms with Crippen LogP contribution in [0, 0.1) is 0 Å². The van der Waals surface area contributed by atoms with Crippen molar-refractivity contribution in [2.75, 3.05) is 12.8 Å². The van der Waals surface area contributed by atoms with E-state index in [1.807, 2.05) is 6.07 Å². The zero-order chi connectivity index (χ0) is 14.0. The number of carbonyl (C=O) groups is 1. The van der Waals surface area contributed by atoms with Crippen LogP contribution in [0.15, 0.2) is 36.4 Å². The molecule has 0 heterocycles. The third-order valence-corrected chi connectivity index (χ3v) is 3.06. The molecule has 0 radical (unpaired) electrons. The molecular weight excluding hydrogens is 266 g/mol. The third kappa shape index (κ3) is 2.63. The number of aromatic carboxylic acids is 1. The minimum Gasteiger partial charge on any atom is -0.495 e. The molecule has 98 valence electrons. The zero-order valence-corrected chi connectivity index (χ0v) is 10.9. The fourth-order valence-corrected chi connectivity index (χ4v) is 2.04. The van der Waals surface area contributed by atoms with E-state index in [4.69, 9.17) is 27.2 Å². The molecule has 0 bridgehead atoms. The third-order valence-electron chi connectivity index (χ3n) is 2.77. The van der Waals surface area contributed by atoms with Crippen LogP contribution in [0.5, 0.6) is 5.75 Å². The summed E-state index contributed by atoms with van der Waals surface area (Å²) in [5.41, 5.74) is 7.66. The second-order valence-corrected chi connectivity index (χ2v) is 4.36. The number of nitrogens with two attached hydrogens (primary N) is 1. The van der Waals surface area contributed by atoms with Gasteiger partial charge in [0.2, 0.25) is 0 Å². The van der Waals surface area contributed by atoms with Crippen molar-refractivity contribution in [3.05, 3.63) is 47.0 Å². The van der Waals surface area contributed by atoms with Crippen molar-refractivity contribution >= 4 is 23.3 Å². The van der Waals surface area contributed by atoms with E-state index in [1.165, 1.54) is 6.07 Å².